The number of anilines is 1. The van der Waals surface area contributed by atoms with Crippen molar-refractivity contribution in [1.29, 1.82) is 0 Å². The predicted octanol–water partition coefficient (Wildman–Crippen LogP) is 3.28. The minimum Gasteiger partial charge on any atom is -0.280 e. The fourth-order valence-corrected chi connectivity index (χ4v) is 3.25. The minimum atomic E-state index is -3.65. The molecule has 22 heavy (non-hydrogen) atoms. The summed E-state index contributed by atoms with van der Waals surface area (Å²) >= 11 is 2.16. The van der Waals surface area contributed by atoms with E-state index in [1.165, 1.54) is 17.1 Å². The molecule has 112 valence electrons. The second-order valence-electron chi connectivity index (χ2n) is 4.57. The summed E-state index contributed by atoms with van der Waals surface area (Å²) in [6.45, 7) is 0. The van der Waals surface area contributed by atoms with Gasteiger partial charge in [-0.2, -0.15) is 5.10 Å². The van der Waals surface area contributed by atoms with Gasteiger partial charge in [-0.15, -0.1) is 0 Å². The highest BCUT2D eigenvalue weighted by atomic mass is 127. The Morgan fingerprint density at radius 1 is 1.00 bits per heavy atom. The standard InChI is InChI=1S/C15H12IN3O2S/c16-12-6-8-13(9-7-12)18-22(20,21)15-10-17-19(11-15)14-4-2-1-3-5-14/h1-11,18H. The van der Waals surface area contributed by atoms with Gasteiger partial charge in [-0.1, -0.05) is 18.2 Å². The van der Waals surface area contributed by atoms with Gasteiger partial charge in [0.15, 0.2) is 0 Å². The lowest BCUT2D eigenvalue weighted by Crippen LogP contribution is -2.12. The molecule has 5 nitrogen and oxygen atoms in total. The number of aromatic nitrogens is 2. The van der Waals surface area contributed by atoms with Gasteiger partial charge in [-0.05, 0) is 59.0 Å². The zero-order valence-corrected chi connectivity index (χ0v) is 14.3. The maximum Gasteiger partial charge on any atom is 0.265 e. The lowest BCUT2D eigenvalue weighted by Gasteiger charge is -2.06. The summed E-state index contributed by atoms with van der Waals surface area (Å²) in [6, 6.07) is 16.5. The first-order valence-corrected chi connectivity index (χ1v) is 8.99. The van der Waals surface area contributed by atoms with Gasteiger partial charge < -0.3 is 0 Å². The quantitative estimate of drug-likeness (QED) is 0.653. The van der Waals surface area contributed by atoms with Crippen molar-refractivity contribution in [1.82, 2.24) is 9.78 Å². The molecule has 0 amide bonds. The number of hydrogen-bond donors (Lipinski definition) is 1. The van der Waals surface area contributed by atoms with Crippen LogP contribution in [-0.4, -0.2) is 18.2 Å². The molecular formula is C15H12IN3O2S. The molecule has 1 N–H and O–H groups in total. The Hall–Kier alpha value is -1.87. The highest BCUT2D eigenvalue weighted by Gasteiger charge is 2.17. The molecule has 0 saturated carbocycles. The van der Waals surface area contributed by atoms with E-state index in [-0.39, 0.29) is 4.90 Å². The molecule has 3 rings (SSSR count). The average molecular weight is 425 g/mol. The summed E-state index contributed by atoms with van der Waals surface area (Å²) < 4.78 is 29.8. The third kappa shape index (κ3) is 3.30. The van der Waals surface area contributed by atoms with E-state index in [1.807, 2.05) is 42.5 Å². The van der Waals surface area contributed by atoms with E-state index in [0.29, 0.717) is 5.69 Å². The molecule has 1 aromatic heterocycles. The van der Waals surface area contributed by atoms with E-state index in [4.69, 9.17) is 0 Å². The highest BCUT2D eigenvalue weighted by molar-refractivity contribution is 14.1. The normalized spacial score (nSPS) is 11.3. The van der Waals surface area contributed by atoms with Gasteiger partial charge in [0.05, 0.1) is 18.1 Å². The molecule has 0 unspecified atom stereocenters. The van der Waals surface area contributed by atoms with Crippen molar-refractivity contribution in [2.24, 2.45) is 0 Å². The van der Waals surface area contributed by atoms with Gasteiger partial charge in [-0.3, -0.25) is 4.72 Å². The summed E-state index contributed by atoms with van der Waals surface area (Å²) in [5.74, 6) is 0. The number of benzene rings is 2. The third-order valence-corrected chi connectivity index (χ3v) is 5.04. The largest absolute Gasteiger partial charge is 0.280 e. The van der Waals surface area contributed by atoms with E-state index in [9.17, 15) is 8.42 Å². The molecule has 0 bridgehead atoms. The van der Waals surface area contributed by atoms with Crippen LogP contribution in [0.1, 0.15) is 0 Å². The fraction of sp³-hybridized carbons (Fsp3) is 0. The van der Waals surface area contributed by atoms with E-state index >= 15 is 0 Å². The molecule has 0 aliphatic heterocycles. The summed E-state index contributed by atoms with van der Waals surface area (Å²) in [7, 11) is -3.65. The number of halogens is 1. The summed E-state index contributed by atoms with van der Waals surface area (Å²) in [5.41, 5.74) is 1.33. The van der Waals surface area contributed by atoms with Crippen LogP contribution in [0.25, 0.3) is 5.69 Å². The molecule has 0 radical (unpaired) electrons. The minimum absolute atomic E-state index is 0.120. The van der Waals surface area contributed by atoms with Crippen LogP contribution >= 0.6 is 22.6 Å². The second kappa shape index (κ2) is 6.09. The Labute approximate surface area is 142 Å². The van der Waals surface area contributed by atoms with Crippen molar-refractivity contribution in [2.45, 2.75) is 4.90 Å². The lowest BCUT2D eigenvalue weighted by atomic mass is 10.3. The molecule has 0 spiro atoms. The van der Waals surface area contributed by atoms with Crippen LogP contribution in [0, 0.1) is 3.57 Å². The Bertz CT molecular complexity index is 875. The molecule has 0 aliphatic rings. The predicted molar refractivity (Wildman–Crippen MR) is 93.5 cm³/mol. The van der Waals surface area contributed by atoms with Crippen LogP contribution in [0.3, 0.4) is 0 Å². The molecule has 7 heteroatoms. The van der Waals surface area contributed by atoms with Crippen LogP contribution in [0.5, 0.6) is 0 Å². The molecule has 0 fully saturated rings. The van der Waals surface area contributed by atoms with E-state index in [2.05, 4.69) is 32.4 Å². The SMILES string of the molecule is O=S(=O)(Nc1ccc(I)cc1)c1cnn(-c2ccccc2)c1. The van der Waals surface area contributed by atoms with Gasteiger partial charge in [0.2, 0.25) is 0 Å². The van der Waals surface area contributed by atoms with E-state index < -0.39 is 10.0 Å². The first-order chi connectivity index (χ1) is 10.5. The topological polar surface area (TPSA) is 64.0 Å². The molecule has 3 aromatic rings. The van der Waals surface area contributed by atoms with Crippen LogP contribution in [0.4, 0.5) is 5.69 Å². The number of nitrogens with zero attached hydrogens (tertiary/aromatic N) is 2. The van der Waals surface area contributed by atoms with Crippen molar-refractivity contribution in [3.05, 3.63) is 70.6 Å². The number of nitrogens with one attached hydrogen (secondary N) is 1. The zero-order valence-electron chi connectivity index (χ0n) is 11.3. The van der Waals surface area contributed by atoms with Crippen molar-refractivity contribution in [3.8, 4) is 5.69 Å². The average Bonchev–Trinajstić information content (AvgIpc) is 3.01. The lowest BCUT2D eigenvalue weighted by molar-refractivity contribution is 0.601. The number of rotatable bonds is 4. The number of sulfonamides is 1. The maximum atomic E-state index is 12.4. The first-order valence-electron chi connectivity index (χ1n) is 6.43. The summed E-state index contributed by atoms with van der Waals surface area (Å²) in [6.07, 6.45) is 2.83. The monoisotopic (exact) mass is 425 g/mol. The first kappa shape index (κ1) is 15.0. The molecular weight excluding hydrogens is 413 g/mol. The molecule has 2 aromatic carbocycles. The van der Waals surface area contributed by atoms with Crippen molar-refractivity contribution < 1.29 is 8.42 Å². The van der Waals surface area contributed by atoms with Crippen molar-refractivity contribution in [2.75, 3.05) is 4.72 Å². The maximum absolute atomic E-state index is 12.4. The number of hydrogen-bond acceptors (Lipinski definition) is 3. The molecule has 0 saturated heterocycles. The summed E-state index contributed by atoms with van der Waals surface area (Å²) in [4.78, 5) is 0.120. The second-order valence-corrected chi connectivity index (χ2v) is 7.50. The van der Waals surface area contributed by atoms with E-state index in [0.717, 1.165) is 9.26 Å². The smallest absolute Gasteiger partial charge is 0.265 e. The Kier molecular flexibility index (Phi) is 4.16. The Morgan fingerprint density at radius 2 is 1.68 bits per heavy atom. The summed E-state index contributed by atoms with van der Waals surface area (Å²) in [5, 5.41) is 4.10. The van der Waals surface area contributed by atoms with Gasteiger partial charge in [-0.25, -0.2) is 13.1 Å². The van der Waals surface area contributed by atoms with Crippen LogP contribution in [-0.2, 0) is 10.0 Å². The van der Waals surface area contributed by atoms with Crippen molar-refractivity contribution in [3.63, 3.8) is 0 Å². The molecule has 0 atom stereocenters. The third-order valence-electron chi connectivity index (χ3n) is 2.99. The van der Waals surface area contributed by atoms with Crippen LogP contribution < -0.4 is 4.72 Å². The highest BCUT2D eigenvalue weighted by Crippen LogP contribution is 2.18. The molecule has 0 aliphatic carbocycles. The Balaban J connectivity index is 1.87. The van der Waals surface area contributed by atoms with Gasteiger partial charge in [0.1, 0.15) is 4.90 Å². The van der Waals surface area contributed by atoms with Gasteiger partial charge >= 0.3 is 0 Å². The van der Waals surface area contributed by atoms with E-state index in [1.54, 1.807) is 12.1 Å². The number of para-hydroxylation sites is 1. The van der Waals surface area contributed by atoms with Crippen molar-refractivity contribution >= 4 is 38.3 Å². The van der Waals surface area contributed by atoms with Gasteiger partial charge in [0.25, 0.3) is 10.0 Å². The van der Waals surface area contributed by atoms with Crippen LogP contribution in [0.15, 0.2) is 71.9 Å². The zero-order chi connectivity index (χ0) is 15.6. The Morgan fingerprint density at radius 3 is 2.36 bits per heavy atom. The fourth-order valence-electron chi connectivity index (χ4n) is 1.90. The van der Waals surface area contributed by atoms with Crippen LogP contribution in [0.2, 0.25) is 0 Å². The van der Waals surface area contributed by atoms with Gasteiger partial charge in [0, 0.05) is 9.26 Å². The molecule has 1 heterocycles.